The summed E-state index contributed by atoms with van der Waals surface area (Å²) in [6.45, 7) is 4.36. The van der Waals surface area contributed by atoms with Gasteiger partial charge in [-0.25, -0.2) is 4.79 Å². The van der Waals surface area contributed by atoms with Gasteiger partial charge in [0.2, 0.25) is 5.91 Å². The van der Waals surface area contributed by atoms with Crippen LogP contribution in [0.25, 0.3) is 0 Å². The van der Waals surface area contributed by atoms with Gasteiger partial charge in [0.05, 0.1) is 31.5 Å². The average molecular weight is 342 g/mol. The topological polar surface area (TPSA) is 76.7 Å². The zero-order valence-corrected chi connectivity index (χ0v) is 14.6. The van der Waals surface area contributed by atoms with Crippen LogP contribution in [0.15, 0.2) is 42.5 Å². The SMILES string of the molecule is CCOc1ccccc1NC(=O)CNc1cc(C(=O)OC)ccc1C. The Kier molecular flexibility index (Phi) is 6.39. The first-order chi connectivity index (χ1) is 12.0. The number of ether oxygens (including phenoxy) is 2. The van der Waals surface area contributed by atoms with Crippen molar-refractivity contribution in [3.8, 4) is 5.75 Å². The van der Waals surface area contributed by atoms with Crippen molar-refractivity contribution in [1.29, 1.82) is 0 Å². The van der Waals surface area contributed by atoms with Crippen molar-refractivity contribution >= 4 is 23.3 Å². The maximum Gasteiger partial charge on any atom is 0.337 e. The maximum absolute atomic E-state index is 12.2. The number of para-hydroxylation sites is 2. The van der Waals surface area contributed by atoms with Gasteiger partial charge in [0.15, 0.2) is 0 Å². The number of nitrogens with one attached hydrogen (secondary N) is 2. The number of hydrogen-bond acceptors (Lipinski definition) is 5. The van der Waals surface area contributed by atoms with E-state index in [1.807, 2.05) is 26.0 Å². The lowest BCUT2D eigenvalue weighted by atomic mass is 10.1. The standard InChI is InChI=1S/C19H22N2O4/c1-4-25-17-8-6-5-7-15(17)21-18(22)12-20-16-11-14(19(23)24-3)10-9-13(16)2/h5-11,20H,4,12H2,1-3H3,(H,21,22). The third-order valence-corrected chi connectivity index (χ3v) is 3.56. The van der Waals surface area contributed by atoms with Crippen molar-refractivity contribution < 1.29 is 19.1 Å². The highest BCUT2D eigenvalue weighted by molar-refractivity contribution is 5.95. The Morgan fingerprint density at radius 2 is 1.84 bits per heavy atom. The molecule has 0 heterocycles. The van der Waals surface area contributed by atoms with Crippen LogP contribution in [0.2, 0.25) is 0 Å². The van der Waals surface area contributed by atoms with Crippen molar-refractivity contribution in [3.63, 3.8) is 0 Å². The van der Waals surface area contributed by atoms with E-state index in [1.54, 1.807) is 30.3 Å². The average Bonchev–Trinajstić information content (AvgIpc) is 2.62. The van der Waals surface area contributed by atoms with Crippen molar-refractivity contribution in [3.05, 3.63) is 53.6 Å². The van der Waals surface area contributed by atoms with Crippen LogP contribution in [0, 0.1) is 6.92 Å². The van der Waals surface area contributed by atoms with Gasteiger partial charge in [-0.2, -0.15) is 0 Å². The lowest BCUT2D eigenvalue weighted by molar-refractivity contribution is -0.114. The second-order valence-electron chi connectivity index (χ2n) is 5.35. The van der Waals surface area contributed by atoms with Gasteiger partial charge in [-0.1, -0.05) is 18.2 Å². The Morgan fingerprint density at radius 3 is 2.56 bits per heavy atom. The molecule has 0 saturated heterocycles. The Morgan fingerprint density at radius 1 is 1.08 bits per heavy atom. The van der Waals surface area contributed by atoms with Crippen LogP contribution in [0.5, 0.6) is 5.75 Å². The molecule has 0 aromatic heterocycles. The van der Waals surface area contributed by atoms with Crippen molar-refractivity contribution in [2.45, 2.75) is 13.8 Å². The first kappa shape index (κ1) is 18.3. The highest BCUT2D eigenvalue weighted by Crippen LogP contribution is 2.23. The Bertz CT molecular complexity index is 759. The van der Waals surface area contributed by atoms with Crippen LogP contribution in [-0.2, 0) is 9.53 Å². The zero-order chi connectivity index (χ0) is 18.2. The molecule has 0 fully saturated rings. The number of amides is 1. The second-order valence-corrected chi connectivity index (χ2v) is 5.35. The van der Waals surface area contributed by atoms with Crippen LogP contribution in [0.1, 0.15) is 22.8 Å². The van der Waals surface area contributed by atoms with Crippen LogP contribution in [0.3, 0.4) is 0 Å². The highest BCUT2D eigenvalue weighted by Gasteiger charge is 2.10. The Balaban J connectivity index is 2.02. The molecule has 6 heteroatoms. The zero-order valence-electron chi connectivity index (χ0n) is 14.6. The number of carbonyl (C=O) groups excluding carboxylic acids is 2. The fraction of sp³-hybridized carbons (Fsp3) is 0.263. The van der Waals surface area contributed by atoms with E-state index < -0.39 is 5.97 Å². The largest absolute Gasteiger partial charge is 0.492 e. The summed E-state index contributed by atoms with van der Waals surface area (Å²) in [6, 6.07) is 12.4. The van der Waals surface area contributed by atoms with Gasteiger partial charge < -0.3 is 20.1 Å². The molecular formula is C19H22N2O4. The molecule has 0 aliphatic heterocycles. The smallest absolute Gasteiger partial charge is 0.337 e. The number of rotatable bonds is 7. The quantitative estimate of drug-likeness (QED) is 0.756. The van der Waals surface area contributed by atoms with Gasteiger partial charge in [0.25, 0.3) is 0 Å². The first-order valence-corrected chi connectivity index (χ1v) is 7.99. The molecule has 0 unspecified atom stereocenters. The van der Waals surface area contributed by atoms with Gasteiger partial charge in [-0.15, -0.1) is 0 Å². The maximum atomic E-state index is 12.2. The van der Waals surface area contributed by atoms with E-state index in [2.05, 4.69) is 10.6 Å². The molecule has 0 bridgehead atoms. The molecule has 2 aromatic carbocycles. The Labute approximate surface area is 147 Å². The molecule has 6 nitrogen and oxygen atoms in total. The molecule has 1 amide bonds. The minimum atomic E-state index is -0.418. The molecular weight excluding hydrogens is 320 g/mol. The number of anilines is 2. The molecule has 0 atom stereocenters. The van der Waals surface area contributed by atoms with E-state index in [0.29, 0.717) is 29.3 Å². The van der Waals surface area contributed by atoms with Gasteiger partial charge in [0, 0.05) is 5.69 Å². The summed E-state index contributed by atoms with van der Waals surface area (Å²) in [6.07, 6.45) is 0. The predicted octanol–water partition coefficient (Wildman–Crippen LogP) is 3.23. The molecule has 0 aliphatic rings. The second kappa shape index (κ2) is 8.73. The Hall–Kier alpha value is -3.02. The van der Waals surface area contributed by atoms with E-state index in [-0.39, 0.29) is 12.5 Å². The number of carbonyl (C=O) groups is 2. The van der Waals surface area contributed by atoms with Crippen molar-refractivity contribution in [2.75, 3.05) is 30.9 Å². The summed E-state index contributed by atoms with van der Waals surface area (Å²) in [5.74, 6) is -0.00427. The van der Waals surface area contributed by atoms with Crippen LogP contribution < -0.4 is 15.4 Å². The minimum Gasteiger partial charge on any atom is -0.492 e. The highest BCUT2D eigenvalue weighted by atomic mass is 16.5. The molecule has 2 N–H and O–H groups in total. The fourth-order valence-electron chi connectivity index (χ4n) is 2.28. The molecule has 25 heavy (non-hydrogen) atoms. The summed E-state index contributed by atoms with van der Waals surface area (Å²) in [5, 5.41) is 5.86. The number of hydrogen-bond donors (Lipinski definition) is 2. The van der Waals surface area contributed by atoms with E-state index in [0.717, 1.165) is 5.56 Å². The van der Waals surface area contributed by atoms with Crippen molar-refractivity contribution in [1.82, 2.24) is 0 Å². The van der Waals surface area contributed by atoms with Crippen molar-refractivity contribution in [2.24, 2.45) is 0 Å². The van der Waals surface area contributed by atoms with Crippen LogP contribution in [-0.4, -0.2) is 32.1 Å². The number of benzene rings is 2. The first-order valence-electron chi connectivity index (χ1n) is 7.99. The molecule has 132 valence electrons. The predicted molar refractivity (Wildman–Crippen MR) is 97.2 cm³/mol. The van der Waals surface area contributed by atoms with E-state index in [9.17, 15) is 9.59 Å². The molecule has 0 saturated carbocycles. The lowest BCUT2D eigenvalue weighted by Gasteiger charge is -2.13. The monoisotopic (exact) mass is 342 g/mol. The fourth-order valence-corrected chi connectivity index (χ4v) is 2.28. The van der Waals surface area contributed by atoms with Gasteiger partial charge in [0.1, 0.15) is 5.75 Å². The summed E-state index contributed by atoms with van der Waals surface area (Å²) in [4.78, 5) is 23.8. The van der Waals surface area contributed by atoms with E-state index >= 15 is 0 Å². The molecule has 0 spiro atoms. The summed E-state index contributed by atoms with van der Waals surface area (Å²) in [7, 11) is 1.33. The van der Waals surface area contributed by atoms with Gasteiger partial charge in [-0.3, -0.25) is 4.79 Å². The van der Waals surface area contributed by atoms with Gasteiger partial charge >= 0.3 is 5.97 Å². The molecule has 0 radical (unpaired) electrons. The molecule has 2 rings (SSSR count). The number of esters is 1. The molecule has 0 aliphatic carbocycles. The summed E-state index contributed by atoms with van der Waals surface area (Å²) < 4.78 is 10.2. The van der Waals surface area contributed by atoms with Gasteiger partial charge in [-0.05, 0) is 43.7 Å². The third-order valence-electron chi connectivity index (χ3n) is 3.56. The summed E-state index contributed by atoms with van der Waals surface area (Å²) >= 11 is 0. The van der Waals surface area contributed by atoms with E-state index in [4.69, 9.17) is 9.47 Å². The normalized spacial score (nSPS) is 10.0. The third kappa shape index (κ3) is 4.97. The minimum absolute atomic E-state index is 0.0614. The lowest BCUT2D eigenvalue weighted by Crippen LogP contribution is -2.22. The van der Waals surface area contributed by atoms with E-state index in [1.165, 1.54) is 7.11 Å². The summed E-state index contributed by atoms with van der Waals surface area (Å²) in [5.41, 5.74) is 2.68. The molecule has 2 aromatic rings. The number of aryl methyl sites for hydroxylation is 1. The van der Waals surface area contributed by atoms with Crippen LogP contribution in [0.4, 0.5) is 11.4 Å². The number of methoxy groups -OCH3 is 1. The van der Waals surface area contributed by atoms with Crippen LogP contribution >= 0.6 is 0 Å².